The summed E-state index contributed by atoms with van der Waals surface area (Å²) >= 11 is 0. The van der Waals surface area contributed by atoms with E-state index in [1.807, 2.05) is 37.3 Å². The Balaban J connectivity index is 2.18. The number of amides is 1. The summed E-state index contributed by atoms with van der Waals surface area (Å²) in [5.41, 5.74) is 1.07. The highest BCUT2D eigenvalue weighted by Gasteiger charge is 2.31. The van der Waals surface area contributed by atoms with Gasteiger partial charge in [-0.3, -0.25) is 9.59 Å². The summed E-state index contributed by atoms with van der Waals surface area (Å²) in [6.45, 7) is 2.21. The number of benzene rings is 1. The number of ketones is 1. The number of hydrogen-bond acceptors (Lipinski definition) is 2. The van der Waals surface area contributed by atoms with Crippen molar-refractivity contribution in [1.82, 2.24) is 4.90 Å². The molecule has 1 atom stereocenters. The van der Waals surface area contributed by atoms with Gasteiger partial charge in [0.2, 0.25) is 5.91 Å². The predicted molar refractivity (Wildman–Crippen MR) is 56.2 cm³/mol. The zero-order valence-corrected chi connectivity index (χ0v) is 8.64. The van der Waals surface area contributed by atoms with Crippen LogP contribution in [0.5, 0.6) is 0 Å². The normalized spacial score (nSPS) is 18.3. The van der Waals surface area contributed by atoms with E-state index in [-0.39, 0.29) is 30.7 Å². The van der Waals surface area contributed by atoms with Gasteiger partial charge in [-0.25, -0.2) is 0 Å². The molecule has 0 unspecified atom stereocenters. The molecular weight excluding hydrogens is 190 g/mol. The highest BCUT2D eigenvalue weighted by Crippen LogP contribution is 2.23. The van der Waals surface area contributed by atoms with E-state index in [0.29, 0.717) is 0 Å². The third-order valence-corrected chi connectivity index (χ3v) is 2.76. The molecule has 1 aromatic rings. The molecule has 0 saturated carbocycles. The molecule has 1 heterocycles. The number of Topliss-reactive ketones (excluding diaryl/α,β-unsaturated/α-hetero) is 1. The summed E-state index contributed by atoms with van der Waals surface area (Å²) in [4.78, 5) is 24.3. The van der Waals surface area contributed by atoms with E-state index in [0.717, 1.165) is 5.56 Å². The van der Waals surface area contributed by atoms with Gasteiger partial charge in [-0.1, -0.05) is 30.3 Å². The fourth-order valence-electron chi connectivity index (χ4n) is 1.87. The number of carbonyl (C=O) groups excluding carboxylic acids is 2. The van der Waals surface area contributed by atoms with E-state index >= 15 is 0 Å². The fourth-order valence-corrected chi connectivity index (χ4v) is 1.87. The second kappa shape index (κ2) is 3.85. The Kier molecular flexibility index (Phi) is 2.54. The van der Waals surface area contributed by atoms with Crippen molar-refractivity contribution in [3.8, 4) is 0 Å². The molecule has 3 heteroatoms. The Hall–Kier alpha value is -1.64. The van der Waals surface area contributed by atoms with Gasteiger partial charge in [-0.15, -0.1) is 0 Å². The highest BCUT2D eigenvalue weighted by molar-refractivity contribution is 6.05. The van der Waals surface area contributed by atoms with E-state index in [1.165, 1.54) is 0 Å². The van der Waals surface area contributed by atoms with Gasteiger partial charge in [-0.2, -0.15) is 0 Å². The minimum atomic E-state index is -0.0589. The molecule has 1 aliphatic heterocycles. The average molecular weight is 203 g/mol. The van der Waals surface area contributed by atoms with Gasteiger partial charge >= 0.3 is 0 Å². The predicted octanol–water partition coefficient (Wildman–Crippen LogP) is 1.55. The van der Waals surface area contributed by atoms with Crippen molar-refractivity contribution in [3.63, 3.8) is 0 Å². The molecule has 0 aliphatic carbocycles. The lowest BCUT2D eigenvalue weighted by molar-refractivity contribution is -0.129. The summed E-state index contributed by atoms with van der Waals surface area (Å²) in [7, 11) is 0. The van der Waals surface area contributed by atoms with E-state index < -0.39 is 0 Å². The maximum Gasteiger partial charge on any atom is 0.230 e. The lowest BCUT2D eigenvalue weighted by atomic mass is 10.1. The van der Waals surface area contributed by atoms with Crippen LogP contribution in [-0.4, -0.2) is 23.1 Å². The standard InChI is InChI=1S/C12H13NO2/c1-9(10-5-3-2-4-6-10)13-8-11(14)7-12(13)15/h2-6,9H,7-8H2,1H3/t9-/m1/s1. The topological polar surface area (TPSA) is 37.4 Å². The molecule has 1 aromatic carbocycles. The summed E-state index contributed by atoms with van der Waals surface area (Å²) in [6.07, 6.45) is 0.0666. The third-order valence-electron chi connectivity index (χ3n) is 2.76. The number of likely N-dealkylation sites (tertiary alicyclic amines) is 1. The zero-order chi connectivity index (χ0) is 10.8. The molecule has 1 fully saturated rings. The van der Waals surface area contributed by atoms with Crippen LogP contribution >= 0.6 is 0 Å². The lowest BCUT2D eigenvalue weighted by Crippen LogP contribution is -2.28. The molecule has 0 spiro atoms. The smallest absolute Gasteiger partial charge is 0.230 e. The summed E-state index contributed by atoms with van der Waals surface area (Å²) in [5, 5.41) is 0. The first-order valence-electron chi connectivity index (χ1n) is 5.04. The quantitative estimate of drug-likeness (QED) is 0.684. The highest BCUT2D eigenvalue weighted by atomic mass is 16.2. The molecule has 2 rings (SSSR count). The maximum absolute atomic E-state index is 11.5. The Morgan fingerprint density at radius 3 is 2.40 bits per heavy atom. The molecule has 0 radical (unpaired) electrons. The van der Waals surface area contributed by atoms with Crippen molar-refractivity contribution >= 4 is 11.7 Å². The van der Waals surface area contributed by atoms with Gasteiger partial charge in [0.05, 0.1) is 19.0 Å². The number of carbonyl (C=O) groups is 2. The zero-order valence-electron chi connectivity index (χ0n) is 8.64. The number of nitrogens with zero attached hydrogens (tertiary/aromatic N) is 1. The molecule has 0 aromatic heterocycles. The first-order valence-corrected chi connectivity index (χ1v) is 5.04. The molecule has 0 bridgehead atoms. The largest absolute Gasteiger partial charge is 0.328 e. The van der Waals surface area contributed by atoms with Crippen molar-refractivity contribution in [1.29, 1.82) is 0 Å². The van der Waals surface area contributed by atoms with E-state index in [4.69, 9.17) is 0 Å². The van der Waals surface area contributed by atoms with E-state index in [9.17, 15) is 9.59 Å². The molecule has 1 aliphatic rings. The van der Waals surface area contributed by atoms with Crippen molar-refractivity contribution in [2.24, 2.45) is 0 Å². The Morgan fingerprint density at radius 1 is 1.20 bits per heavy atom. The van der Waals surface area contributed by atoms with Crippen LogP contribution in [0.15, 0.2) is 30.3 Å². The minimum absolute atomic E-state index is 0.00912. The second-order valence-corrected chi connectivity index (χ2v) is 3.82. The van der Waals surface area contributed by atoms with Crippen molar-refractivity contribution in [2.45, 2.75) is 19.4 Å². The van der Waals surface area contributed by atoms with Crippen LogP contribution in [0.3, 0.4) is 0 Å². The average Bonchev–Trinajstić information content (AvgIpc) is 2.58. The first kappa shape index (κ1) is 9.90. The Morgan fingerprint density at radius 2 is 1.87 bits per heavy atom. The molecule has 78 valence electrons. The number of hydrogen-bond donors (Lipinski definition) is 0. The van der Waals surface area contributed by atoms with Crippen molar-refractivity contribution in [2.75, 3.05) is 6.54 Å². The third kappa shape index (κ3) is 1.91. The maximum atomic E-state index is 11.5. The van der Waals surface area contributed by atoms with Crippen LogP contribution in [0.4, 0.5) is 0 Å². The fraction of sp³-hybridized carbons (Fsp3) is 0.333. The van der Waals surface area contributed by atoms with Gasteiger partial charge < -0.3 is 4.90 Å². The second-order valence-electron chi connectivity index (χ2n) is 3.82. The summed E-state index contributed by atoms with van der Waals surface area (Å²) < 4.78 is 0. The molecule has 15 heavy (non-hydrogen) atoms. The minimum Gasteiger partial charge on any atom is -0.328 e. The molecule has 3 nitrogen and oxygen atoms in total. The first-order chi connectivity index (χ1) is 7.18. The van der Waals surface area contributed by atoms with Crippen LogP contribution in [0.2, 0.25) is 0 Å². The Bertz CT molecular complexity index is 386. The van der Waals surface area contributed by atoms with Crippen molar-refractivity contribution in [3.05, 3.63) is 35.9 Å². The van der Waals surface area contributed by atoms with Crippen molar-refractivity contribution < 1.29 is 9.59 Å². The summed E-state index contributed by atoms with van der Waals surface area (Å²) in [6, 6.07) is 9.75. The molecule has 1 amide bonds. The van der Waals surface area contributed by atoms with Crippen LogP contribution in [0.25, 0.3) is 0 Å². The van der Waals surface area contributed by atoms with Gasteiger partial charge in [0.25, 0.3) is 0 Å². The van der Waals surface area contributed by atoms with Gasteiger partial charge in [0.15, 0.2) is 5.78 Å². The molecular formula is C12H13NO2. The van der Waals surface area contributed by atoms with E-state index in [1.54, 1.807) is 4.90 Å². The lowest BCUT2D eigenvalue weighted by Gasteiger charge is -2.23. The van der Waals surface area contributed by atoms with Crippen LogP contribution in [-0.2, 0) is 9.59 Å². The summed E-state index contributed by atoms with van der Waals surface area (Å²) in [5.74, 6) is -0.0425. The van der Waals surface area contributed by atoms with Crippen LogP contribution < -0.4 is 0 Å². The molecule has 0 N–H and O–H groups in total. The van der Waals surface area contributed by atoms with Gasteiger partial charge in [0, 0.05) is 0 Å². The Labute approximate surface area is 88.7 Å². The SMILES string of the molecule is C[C@H](c1ccccc1)N1CC(=O)CC1=O. The number of rotatable bonds is 2. The van der Waals surface area contributed by atoms with Crippen LogP contribution in [0.1, 0.15) is 24.9 Å². The van der Waals surface area contributed by atoms with Crippen LogP contribution in [0, 0.1) is 0 Å². The van der Waals surface area contributed by atoms with Gasteiger partial charge in [-0.05, 0) is 12.5 Å². The van der Waals surface area contributed by atoms with Gasteiger partial charge in [0.1, 0.15) is 0 Å². The van der Waals surface area contributed by atoms with E-state index in [2.05, 4.69) is 0 Å². The molecule has 1 saturated heterocycles. The monoisotopic (exact) mass is 203 g/mol.